The van der Waals surface area contributed by atoms with Crippen LogP contribution in [0.15, 0.2) is 6.20 Å². The molecular formula is C8H13N3. The molecule has 3 nitrogen and oxygen atoms in total. The van der Waals surface area contributed by atoms with Crippen molar-refractivity contribution in [1.82, 2.24) is 15.0 Å². The molecule has 1 saturated carbocycles. The Labute approximate surface area is 66.4 Å². The van der Waals surface area contributed by atoms with E-state index in [1.165, 1.54) is 19.3 Å². The average molecular weight is 151 g/mol. The van der Waals surface area contributed by atoms with E-state index >= 15 is 0 Å². The Kier molecular flexibility index (Phi) is 1.28. The first-order valence-electron chi connectivity index (χ1n) is 4.10. The molecule has 60 valence electrons. The summed E-state index contributed by atoms with van der Waals surface area (Å²) in [5.74, 6) is 0. The van der Waals surface area contributed by atoms with Gasteiger partial charge in [0, 0.05) is 6.20 Å². The zero-order valence-electron chi connectivity index (χ0n) is 7.04. The summed E-state index contributed by atoms with van der Waals surface area (Å²) >= 11 is 0. The van der Waals surface area contributed by atoms with E-state index in [4.69, 9.17) is 0 Å². The predicted molar refractivity (Wildman–Crippen MR) is 42.3 cm³/mol. The Morgan fingerprint density at radius 3 is 2.64 bits per heavy atom. The Morgan fingerprint density at radius 2 is 2.27 bits per heavy atom. The van der Waals surface area contributed by atoms with Gasteiger partial charge in [0.2, 0.25) is 0 Å². The zero-order chi connectivity index (χ0) is 7.90. The average Bonchev–Trinajstić information content (AvgIpc) is 2.31. The molecule has 3 heteroatoms. The molecule has 0 unspecified atom stereocenters. The molecule has 0 aromatic carbocycles. The highest BCUT2D eigenvalue weighted by molar-refractivity contribution is 4.95. The lowest BCUT2D eigenvalue weighted by atomic mass is 9.79. The molecule has 1 aromatic rings. The lowest BCUT2D eigenvalue weighted by Crippen LogP contribution is -2.37. The van der Waals surface area contributed by atoms with Crippen LogP contribution < -0.4 is 0 Å². The van der Waals surface area contributed by atoms with E-state index in [1.54, 1.807) is 0 Å². The summed E-state index contributed by atoms with van der Waals surface area (Å²) in [5, 5.41) is 8.05. The van der Waals surface area contributed by atoms with Gasteiger partial charge in [-0.2, -0.15) is 0 Å². The third kappa shape index (κ3) is 0.951. The van der Waals surface area contributed by atoms with Gasteiger partial charge >= 0.3 is 0 Å². The molecule has 1 heterocycles. The fourth-order valence-electron chi connectivity index (χ4n) is 1.53. The van der Waals surface area contributed by atoms with Gasteiger partial charge in [-0.3, -0.25) is 0 Å². The third-order valence-corrected chi connectivity index (χ3v) is 2.59. The third-order valence-electron chi connectivity index (χ3n) is 2.59. The van der Waals surface area contributed by atoms with E-state index in [0.29, 0.717) is 0 Å². The van der Waals surface area contributed by atoms with Crippen molar-refractivity contribution in [2.75, 3.05) is 0 Å². The highest BCUT2D eigenvalue weighted by atomic mass is 15.4. The Morgan fingerprint density at radius 1 is 1.55 bits per heavy atom. The van der Waals surface area contributed by atoms with E-state index in [1.807, 2.05) is 17.8 Å². The first-order chi connectivity index (χ1) is 5.21. The van der Waals surface area contributed by atoms with Gasteiger partial charge in [-0.15, -0.1) is 5.10 Å². The van der Waals surface area contributed by atoms with Crippen LogP contribution in [0.3, 0.4) is 0 Å². The second-order valence-electron chi connectivity index (χ2n) is 3.65. The van der Waals surface area contributed by atoms with E-state index in [2.05, 4.69) is 17.2 Å². The molecule has 0 bridgehead atoms. The molecule has 1 aliphatic carbocycles. The number of nitrogens with zero attached hydrogens (tertiary/aromatic N) is 3. The number of aromatic nitrogens is 3. The van der Waals surface area contributed by atoms with Gasteiger partial charge in [0.15, 0.2) is 0 Å². The summed E-state index contributed by atoms with van der Waals surface area (Å²) < 4.78 is 2.01. The van der Waals surface area contributed by atoms with Crippen LogP contribution in [-0.4, -0.2) is 15.0 Å². The van der Waals surface area contributed by atoms with Crippen LogP contribution in [0, 0.1) is 6.92 Å². The van der Waals surface area contributed by atoms with Crippen LogP contribution in [-0.2, 0) is 5.54 Å². The number of hydrogen-bond acceptors (Lipinski definition) is 2. The van der Waals surface area contributed by atoms with Gasteiger partial charge in [0.05, 0.1) is 11.2 Å². The molecule has 11 heavy (non-hydrogen) atoms. The summed E-state index contributed by atoms with van der Waals surface area (Å²) in [6.45, 7) is 4.22. The van der Waals surface area contributed by atoms with Crippen molar-refractivity contribution >= 4 is 0 Å². The highest BCUT2D eigenvalue weighted by Gasteiger charge is 2.34. The van der Waals surface area contributed by atoms with Crippen LogP contribution in [0.4, 0.5) is 0 Å². The molecule has 0 atom stereocenters. The maximum Gasteiger partial charge on any atom is 0.0796 e. The summed E-state index contributed by atoms with van der Waals surface area (Å²) in [6.07, 6.45) is 5.85. The van der Waals surface area contributed by atoms with E-state index in [9.17, 15) is 0 Å². The number of hydrogen-bond donors (Lipinski definition) is 0. The van der Waals surface area contributed by atoms with Crippen molar-refractivity contribution in [3.8, 4) is 0 Å². The largest absolute Gasteiger partial charge is 0.246 e. The molecule has 1 fully saturated rings. The van der Waals surface area contributed by atoms with Crippen LogP contribution in [0.2, 0.25) is 0 Å². The van der Waals surface area contributed by atoms with Gasteiger partial charge in [0.1, 0.15) is 0 Å². The van der Waals surface area contributed by atoms with Crippen LogP contribution in [0.1, 0.15) is 31.9 Å². The molecule has 1 aliphatic rings. The lowest BCUT2D eigenvalue weighted by Gasteiger charge is -2.37. The minimum atomic E-state index is 0.279. The summed E-state index contributed by atoms with van der Waals surface area (Å²) in [6, 6.07) is 0. The van der Waals surface area contributed by atoms with Crippen LogP contribution in [0.25, 0.3) is 0 Å². The minimum absolute atomic E-state index is 0.279. The smallest absolute Gasteiger partial charge is 0.0796 e. The van der Waals surface area contributed by atoms with Gasteiger partial charge < -0.3 is 0 Å². The Hall–Kier alpha value is -0.860. The standard InChI is InChI=1S/C8H13N3/c1-7-6-11(10-9-7)8(2)4-3-5-8/h6H,3-5H2,1-2H3. The zero-order valence-corrected chi connectivity index (χ0v) is 7.04. The number of aryl methyl sites for hydroxylation is 1. The fourth-order valence-corrected chi connectivity index (χ4v) is 1.53. The van der Waals surface area contributed by atoms with Crippen molar-refractivity contribution in [3.05, 3.63) is 11.9 Å². The molecular weight excluding hydrogens is 138 g/mol. The molecule has 0 aliphatic heterocycles. The first-order valence-corrected chi connectivity index (χ1v) is 4.10. The normalized spacial score (nSPS) is 21.3. The summed E-state index contributed by atoms with van der Waals surface area (Å²) in [4.78, 5) is 0. The molecule has 0 saturated heterocycles. The lowest BCUT2D eigenvalue weighted by molar-refractivity contribution is 0.146. The maximum absolute atomic E-state index is 4.08. The summed E-state index contributed by atoms with van der Waals surface area (Å²) in [7, 11) is 0. The minimum Gasteiger partial charge on any atom is -0.246 e. The molecule has 1 aromatic heterocycles. The van der Waals surface area contributed by atoms with E-state index in [-0.39, 0.29) is 5.54 Å². The fraction of sp³-hybridized carbons (Fsp3) is 0.750. The maximum atomic E-state index is 4.08. The first kappa shape index (κ1) is 6.83. The monoisotopic (exact) mass is 151 g/mol. The molecule has 2 rings (SSSR count). The van der Waals surface area contributed by atoms with Crippen LogP contribution in [0.5, 0.6) is 0 Å². The van der Waals surface area contributed by atoms with Crippen molar-refractivity contribution < 1.29 is 0 Å². The highest BCUT2D eigenvalue weighted by Crippen LogP contribution is 2.37. The molecule has 0 amide bonds. The van der Waals surface area contributed by atoms with Crippen molar-refractivity contribution in [3.63, 3.8) is 0 Å². The Balaban J connectivity index is 2.28. The van der Waals surface area contributed by atoms with Gasteiger partial charge in [0.25, 0.3) is 0 Å². The van der Waals surface area contributed by atoms with Gasteiger partial charge in [-0.05, 0) is 33.1 Å². The molecule has 0 spiro atoms. The quantitative estimate of drug-likeness (QED) is 0.608. The van der Waals surface area contributed by atoms with E-state index in [0.717, 1.165) is 5.69 Å². The Bertz CT molecular complexity index is 260. The van der Waals surface area contributed by atoms with Crippen molar-refractivity contribution in [2.45, 2.75) is 38.6 Å². The predicted octanol–water partition coefficient (Wildman–Crippen LogP) is 1.49. The summed E-state index contributed by atoms with van der Waals surface area (Å²) in [5.41, 5.74) is 1.29. The molecule has 0 radical (unpaired) electrons. The van der Waals surface area contributed by atoms with Crippen molar-refractivity contribution in [2.24, 2.45) is 0 Å². The topological polar surface area (TPSA) is 30.7 Å². The van der Waals surface area contributed by atoms with Gasteiger partial charge in [-0.25, -0.2) is 4.68 Å². The van der Waals surface area contributed by atoms with E-state index < -0.39 is 0 Å². The second-order valence-corrected chi connectivity index (χ2v) is 3.65. The van der Waals surface area contributed by atoms with Crippen LogP contribution >= 0.6 is 0 Å². The number of rotatable bonds is 1. The van der Waals surface area contributed by atoms with Gasteiger partial charge in [-0.1, -0.05) is 5.21 Å². The molecule has 0 N–H and O–H groups in total. The SMILES string of the molecule is Cc1cn(C2(C)CCC2)nn1. The second kappa shape index (κ2) is 2.06. The van der Waals surface area contributed by atoms with Crippen molar-refractivity contribution in [1.29, 1.82) is 0 Å².